The van der Waals surface area contributed by atoms with E-state index in [9.17, 15) is 17.6 Å². The predicted molar refractivity (Wildman–Crippen MR) is 106 cm³/mol. The summed E-state index contributed by atoms with van der Waals surface area (Å²) in [5.74, 6) is 0.283. The maximum absolute atomic E-state index is 12.8. The average Bonchev–Trinajstić information content (AvgIpc) is 2.63. The lowest BCUT2D eigenvalue weighted by Gasteiger charge is -2.08. The van der Waals surface area contributed by atoms with Crippen molar-refractivity contribution >= 4 is 39.3 Å². The number of sulfonamides is 1. The van der Waals surface area contributed by atoms with Crippen molar-refractivity contribution in [1.82, 2.24) is 10.0 Å². The van der Waals surface area contributed by atoms with Gasteiger partial charge in [-0.1, -0.05) is 23.7 Å². The van der Waals surface area contributed by atoms with Crippen molar-refractivity contribution in [1.29, 1.82) is 0 Å². The molecule has 2 aromatic carbocycles. The first-order valence-corrected chi connectivity index (χ1v) is 11.1. The predicted octanol–water partition coefficient (Wildman–Crippen LogP) is 3.45. The third-order valence-corrected chi connectivity index (χ3v) is 6.56. The van der Waals surface area contributed by atoms with E-state index in [-0.39, 0.29) is 34.6 Å². The van der Waals surface area contributed by atoms with Gasteiger partial charge in [-0.3, -0.25) is 4.79 Å². The van der Waals surface area contributed by atoms with Gasteiger partial charge in [0.25, 0.3) is 0 Å². The van der Waals surface area contributed by atoms with Gasteiger partial charge in [-0.05, 0) is 48.6 Å². The quantitative estimate of drug-likeness (QED) is 0.447. The first-order valence-electron chi connectivity index (χ1n) is 8.28. The van der Waals surface area contributed by atoms with Gasteiger partial charge in [0.15, 0.2) is 0 Å². The molecular formula is C18H20ClFN2O3S2. The summed E-state index contributed by atoms with van der Waals surface area (Å²) in [6.07, 6.45) is 0.786. The van der Waals surface area contributed by atoms with Gasteiger partial charge >= 0.3 is 0 Å². The second-order valence-electron chi connectivity index (χ2n) is 5.58. The number of hydrogen-bond acceptors (Lipinski definition) is 4. The first-order chi connectivity index (χ1) is 12.9. The Hall–Kier alpha value is -1.61. The molecule has 9 heteroatoms. The molecule has 0 fully saturated rings. The van der Waals surface area contributed by atoms with Crippen LogP contribution in [0.25, 0.3) is 0 Å². The van der Waals surface area contributed by atoms with E-state index in [1.165, 1.54) is 24.3 Å². The normalized spacial score (nSPS) is 11.3. The summed E-state index contributed by atoms with van der Waals surface area (Å²) in [5, 5.41) is 2.87. The third-order valence-electron chi connectivity index (χ3n) is 3.50. The van der Waals surface area contributed by atoms with Gasteiger partial charge in [0.2, 0.25) is 15.9 Å². The standard InChI is InChI=1S/C18H20ClFN2O3S2/c19-16-4-1-2-5-17(16)27(24,25)22-12-10-18(23)21-11-3-13-26-15-8-6-14(20)7-9-15/h1-2,4-9,22H,3,10-13H2,(H,21,23). The number of halogens is 2. The summed E-state index contributed by atoms with van der Waals surface area (Å²) >= 11 is 7.46. The van der Waals surface area contributed by atoms with Crippen LogP contribution in [0.5, 0.6) is 0 Å². The molecule has 1 amide bonds. The second-order valence-corrected chi connectivity index (χ2v) is 8.89. The fourth-order valence-electron chi connectivity index (χ4n) is 2.15. The highest BCUT2D eigenvalue weighted by Crippen LogP contribution is 2.20. The molecule has 0 saturated heterocycles. The Morgan fingerprint density at radius 1 is 1.07 bits per heavy atom. The summed E-state index contributed by atoms with van der Waals surface area (Å²) in [4.78, 5) is 12.7. The van der Waals surface area contributed by atoms with E-state index in [0.717, 1.165) is 17.1 Å². The summed E-state index contributed by atoms with van der Waals surface area (Å²) in [6, 6.07) is 12.4. The van der Waals surface area contributed by atoms with Gasteiger partial charge in [-0.25, -0.2) is 17.5 Å². The molecule has 0 spiro atoms. The van der Waals surface area contributed by atoms with Crippen molar-refractivity contribution in [2.45, 2.75) is 22.6 Å². The second kappa shape index (κ2) is 10.7. The minimum absolute atomic E-state index is 0.00936. The smallest absolute Gasteiger partial charge is 0.242 e. The number of rotatable bonds is 10. The molecule has 146 valence electrons. The van der Waals surface area contributed by atoms with E-state index in [1.807, 2.05) is 0 Å². The van der Waals surface area contributed by atoms with E-state index < -0.39 is 10.0 Å². The molecule has 0 bridgehead atoms. The summed E-state index contributed by atoms with van der Waals surface area (Å²) < 4.78 is 39.4. The van der Waals surface area contributed by atoms with Crippen LogP contribution in [0.4, 0.5) is 4.39 Å². The van der Waals surface area contributed by atoms with Crippen molar-refractivity contribution in [3.63, 3.8) is 0 Å². The summed E-state index contributed by atoms with van der Waals surface area (Å²) in [5.41, 5.74) is 0. The molecule has 0 atom stereocenters. The van der Waals surface area contributed by atoms with Gasteiger partial charge in [-0.2, -0.15) is 0 Å². The van der Waals surface area contributed by atoms with E-state index in [0.29, 0.717) is 6.54 Å². The minimum Gasteiger partial charge on any atom is -0.356 e. The van der Waals surface area contributed by atoms with Crippen LogP contribution in [0.2, 0.25) is 5.02 Å². The first kappa shape index (κ1) is 21.7. The SMILES string of the molecule is O=C(CCNS(=O)(=O)c1ccccc1Cl)NCCCSc1ccc(F)cc1. The average molecular weight is 431 g/mol. The number of benzene rings is 2. The van der Waals surface area contributed by atoms with Gasteiger partial charge in [0.05, 0.1) is 5.02 Å². The van der Waals surface area contributed by atoms with E-state index in [2.05, 4.69) is 10.0 Å². The van der Waals surface area contributed by atoms with E-state index in [4.69, 9.17) is 11.6 Å². The minimum atomic E-state index is -3.74. The molecule has 0 heterocycles. The van der Waals surface area contributed by atoms with Crippen molar-refractivity contribution < 1.29 is 17.6 Å². The van der Waals surface area contributed by atoms with Crippen LogP contribution in [0.1, 0.15) is 12.8 Å². The monoisotopic (exact) mass is 430 g/mol. The molecule has 2 rings (SSSR count). The molecule has 27 heavy (non-hydrogen) atoms. The Morgan fingerprint density at radius 2 is 1.78 bits per heavy atom. The van der Waals surface area contributed by atoms with Crippen LogP contribution in [0, 0.1) is 5.82 Å². The Bertz CT molecular complexity index is 861. The zero-order chi connectivity index (χ0) is 19.7. The van der Waals surface area contributed by atoms with Crippen LogP contribution in [-0.2, 0) is 14.8 Å². The van der Waals surface area contributed by atoms with Gasteiger partial charge in [-0.15, -0.1) is 11.8 Å². The maximum Gasteiger partial charge on any atom is 0.242 e. The zero-order valence-electron chi connectivity index (χ0n) is 14.5. The van der Waals surface area contributed by atoms with Gasteiger partial charge < -0.3 is 5.32 Å². The highest BCUT2D eigenvalue weighted by molar-refractivity contribution is 7.99. The highest BCUT2D eigenvalue weighted by Gasteiger charge is 2.17. The number of carbonyl (C=O) groups is 1. The van der Waals surface area contributed by atoms with Crippen LogP contribution in [-0.4, -0.2) is 33.2 Å². The van der Waals surface area contributed by atoms with Crippen molar-refractivity contribution in [3.8, 4) is 0 Å². The van der Waals surface area contributed by atoms with Crippen molar-refractivity contribution in [3.05, 3.63) is 59.4 Å². The van der Waals surface area contributed by atoms with E-state index >= 15 is 0 Å². The summed E-state index contributed by atoms with van der Waals surface area (Å²) in [6.45, 7) is 0.480. The molecule has 0 aliphatic heterocycles. The number of carbonyl (C=O) groups excluding carboxylic acids is 1. The van der Waals surface area contributed by atoms with Gasteiger partial charge in [0, 0.05) is 24.4 Å². The van der Waals surface area contributed by atoms with Crippen molar-refractivity contribution in [2.75, 3.05) is 18.8 Å². The van der Waals surface area contributed by atoms with Crippen LogP contribution in [0.3, 0.4) is 0 Å². The lowest BCUT2D eigenvalue weighted by molar-refractivity contribution is -0.120. The third kappa shape index (κ3) is 7.50. The van der Waals surface area contributed by atoms with E-state index in [1.54, 1.807) is 36.0 Å². The molecular weight excluding hydrogens is 411 g/mol. The molecule has 2 N–H and O–H groups in total. The number of amides is 1. The lowest BCUT2D eigenvalue weighted by atomic mass is 10.3. The lowest BCUT2D eigenvalue weighted by Crippen LogP contribution is -2.31. The molecule has 5 nitrogen and oxygen atoms in total. The van der Waals surface area contributed by atoms with Gasteiger partial charge in [0.1, 0.15) is 10.7 Å². The molecule has 0 unspecified atom stereocenters. The van der Waals surface area contributed by atoms with Crippen molar-refractivity contribution in [2.24, 2.45) is 0 Å². The zero-order valence-corrected chi connectivity index (χ0v) is 16.8. The van der Waals surface area contributed by atoms with Crippen LogP contribution >= 0.6 is 23.4 Å². The Labute approximate surface area is 167 Å². The topological polar surface area (TPSA) is 75.3 Å². The van der Waals surface area contributed by atoms with Crippen LogP contribution in [0.15, 0.2) is 58.3 Å². The molecule has 0 aliphatic carbocycles. The fraction of sp³-hybridized carbons (Fsp3) is 0.278. The Morgan fingerprint density at radius 3 is 2.48 bits per heavy atom. The van der Waals surface area contributed by atoms with Crippen LogP contribution < -0.4 is 10.0 Å². The fourth-order valence-corrected chi connectivity index (χ4v) is 4.55. The molecule has 0 saturated carbocycles. The Balaban J connectivity index is 1.62. The number of thioether (sulfide) groups is 1. The number of nitrogens with one attached hydrogen (secondary N) is 2. The highest BCUT2D eigenvalue weighted by atomic mass is 35.5. The summed E-state index contributed by atoms with van der Waals surface area (Å²) in [7, 11) is -3.74. The molecule has 0 aromatic heterocycles. The molecule has 2 aromatic rings. The molecule has 0 aliphatic rings. The Kier molecular flexibility index (Phi) is 8.56. The number of hydrogen-bond donors (Lipinski definition) is 2. The maximum atomic E-state index is 12.8. The largest absolute Gasteiger partial charge is 0.356 e. The molecule has 0 radical (unpaired) electrons.